The molecule has 8 heteroatoms. The van der Waals surface area contributed by atoms with Gasteiger partial charge in [0.2, 0.25) is 11.6 Å². The third-order valence-electron chi connectivity index (χ3n) is 5.75. The van der Waals surface area contributed by atoms with Gasteiger partial charge in [-0.2, -0.15) is 10.2 Å². The van der Waals surface area contributed by atoms with E-state index in [0.717, 1.165) is 39.0 Å². The Kier molecular flexibility index (Phi) is 6.09. The van der Waals surface area contributed by atoms with Crippen molar-refractivity contribution in [2.24, 2.45) is 0 Å². The molecule has 1 aliphatic heterocycles. The number of anilines is 1. The predicted molar refractivity (Wildman–Crippen MR) is 125 cm³/mol. The van der Waals surface area contributed by atoms with Crippen molar-refractivity contribution in [1.29, 1.82) is 5.26 Å². The summed E-state index contributed by atoms with van der Waals surface area (Å²) < 4.78 is 17.6. The maximum Gasteiger partial charge on any atom is 0.266 e. The van der Waals surface area contributed by atoms with Crippen LogP contribution >= 0.6 is 11.6 Å². The van der Waals surface area contributed by atoms with E-state index in [-0.39, 0.29) is 12.3 Å². The van der Waals surface area contributed by atoms with E-state index in [4.69, 9.17) is 25.2 Å². The Balaban J connectivity index is 1.25. The molecule has 1 aromatic carbocycles. The lowest BCUT2D eigenvalue weighted by atomic mass is 10.1. The molecular formula is C25H23ClN4O3. The van der Waals surface area contributed by atoms with Crippen molar-refractivity contribution in [1.82, 2.24) is 9.88 Å². The molecular weight excluding hydrogens is 440 g/mol. The number of halogens is 1. The lowest BCUT2D eigenvalue weighted by Gasteiger charge is -2.37. The minimum Gasteiger partial charge on any atom is -0.486 e. The number of hydrogen-bond donors (Lipinski definition) is 0. The summed E-state index contributed by atoms with van der Waals surface area (Å²) in [5, 5.41) is 10.3. The standard InChI is InChI=1S/C25H23ClN4O3/c26-18-6-8-20(9-7-18)31-17-21-10-11-23(32-21)24-28-22(16-27)25(33-24)30-14-12-29(13-15-30)19-4-2-1-3-5-19/h1-2,4,6-11H,3,5,12-15,17H2. The number of furan rings is 1. The first-order valence-electron chi connectivity index (χ1n) is 10.9. The second kappa shape index (κ2) is 9.47. The zero-order valence-corrected chi connectivity index (χ0v) is 18.8. The van der Waals surface area contributed by atoms with E-state index in [1.165, 1.54) is 5.70 Å². The normalized spacial score (nSPS) is 15.9. The molecule has 3 aromatic rings. The summed E-state index contributed by atoms with van der Waals surface area (Å²) in [5.74, 6) is 2.58. The Hall–Kier alpha value is -3.63. The number of hydrogen-bond acceptors (Lipinski definition) is 7. The van der Waals surface area contributed by atoms with Crippen molar-refractivity contribution in [3.63, 3.8) is 0 Å². The highest BCUT2D eigenvalue weighted by Crippen LogP contribution is 2.31. The number of nitriles is 1. The molecule has 168 valence electrons. The van der Waals surface area contributed by atoms with E-state index >= 15 is 0 Å². The van der Waals surface area contributed by atoms with Gasteiger partial charge in [0.05, 0.1) is 0 Å². The number of aromatic nitrogens is 1. The molecule has 0 bridgehead atoms. The molecule has 2 aromatic heterocycles. The average Bonchev–Trinajstić information content (AvgIpc) is 3.51. The van der Waals surface area contributed by atoms with E-state index in [2.05, 4.69) is 39.1 Å². The van der Waals surface area contributed by atoms with Gasteiger partial charge in [0.15, 0.2) is 5.76 Å². The highest BCUT2D eigenvalue weighted by molar-refractivity contribution is 6.30. The molecule has 1 aliphatic carbocycles. The fourth-order valence-corrected chi connectivity index (χ4v) is 4.14. The van der Waals surface area contributed by atoms with Crippen LogP contribution in [-0.4, -0.2) is 36.1 Å². The van der Waals surface area contributed by atoms with Gasteiger partial charge in [-0.15, -0.1) is 0 Å². The van der Waals surface area contributed by atoms with Crippen LogP contribution in [0.3, 0.4) is 0 Å². The molecule has 2 aliphatic rings. The summed E-state index contributed by atoms with van der Waals surface area (Å²) in [4.78, 5) is 8.86. The minimum absolute atomic E-state index is 0.257. The Morgan fingerprint density at radius 3 is 2.55 bits per heavy atom. The molecule has 0 unspecified atom stereocenters. The summed E-state index contributed by atoms with van der Waals surface area (Å²) >= 11 is 5.90. The fourth-order valence-electron chi connectivity index (χ4n) is 4.01. The Labute approximate surface area is 197 Å². The van der Waals surface area contributed by atoms with Crippen molar-refractivity contribution in [2.75, 3.05) is 31.1 Å². The van der Waals surface area contributed by atoms with Crippen LogP contribution in [0.1, 0.15) is 24.3 Å². The predicted octanol–water partition coefficient (Wildman–Crippen LogP) is 5.39. The van der Waals surface area contributed by atoms with Crippen LogP contribution in [-0.2, 0) is 6.61 Å². The molecule has 5 rings (SSSR count). The van der Waals surface area contributed by atoms with Crippen LogP contribution in [0.2, 0.25) is 5.02 Å². The van der Waals surface area contributed by atoms with Crippen molar-refractivity contribution < 1.29 is 13.6 Å². The topological polar surface area (TPSA) is 78.7 Å². The number of ether oxygens (including phenoxy) is 1. The third kappa shape index (κ3) is 4.76. The molecule has 0 radical (unpaired) electrons. The van der Waals surface area contributed by atoms with Gasteiger partial charge in [0, 0.05) is 36.9 Å². The molecule has 0 saturated carbocycles. The molecule has 0 amide bonds. The van der Waals surface area contributed by atoms with Crippen LogP contribution in [0.5, 0.6) is 5.75 Å². The van der Waals surface area contributed by atoms with Crippen LogP contribution in [0.4, 0.5) is 5.88 Å². The third-order valence-corrected chi connectivity index (χ3v) is 6.00. The Morgan fingerprint density at radius 1 is 1.03 bits per heavy atom. The Morgan fingerprint density at radius 2 is 1.82 bits per heavy atom. The highest BCUT2D eigenvalue weighted by atomic mass is 35.5. The van der Waals surface area contributed by atoms with Gasteiger partial charge in [-0.3, -0.25) is 0 Å². The molecule has 0 spiro atoms. The summed E-state index contributed by atoms with van der Waals surface area (Å²) in [6.07, 6.45) is 8.68. The van der Waals surface area contributed by atoms with Gasteiger partial charge < -0.3 is 23.4 Å². The number of oxazole rings is 1. The van der Waals surface area contributed by atoms with Crippen LogP contribution in [0, 0.1) is 11.3 Å². The molecule has 7 nitrogen and oxygen atoms in total. The summed E-state index contributed by atoms with van der Waals surface area (Å²) in [7, 11) is 0. The molecule has 0 N–H and O–H groups in total. The number of benzene rings is 1. The quantitative estimate of drug-likeness (QED) is 0.485. The first-order chi connectivity index (χ1) is 16.2. The first kappa shape index (κ1) is 21.2. The van der Waals surface area contributed by atoms with Crippen LogP contribution in [0.15, 0.2) is 69.2 Å². The van der Waals surface area contributed by atoms with E-state index < -0.39 is 0 Å². The number of allylic oxidation sites excluding steroid dienone is 4. The molecule has 1 saturated heterocycles. The highest BCUT2D eigenvalue weighted by Gasteiger charge is 2.26. The lowest BCUT2D eigenvalue weighted by molar-refractivity contribution is 0.271. The summed E-state index contributed by atoms with van der Waals surface area (Å²) in [6, 6.07) is 12.9. The molecule has 3 heterocycles. The second-order valence-electron chi connectivity index (χ2n) is 7.89. The van der Waals surface area contributed by atoms with Crippen molar-refractivity contribution in [3.8, 4) is 23.5 Å². The second-order valence-corrected chi connectivity index (χ2v) is 8.33. The van der Waals surface area contributed by atoms with Gasteiger partial charge in [-0.05, 0) is 55.3 Å². The average molecular weight is 463 g/mol. The fraction of sp³-hybridized carbons (Fsp3) is 0.280. The largest absolute Gasteiger partial charge is 0.486 e. The van der Waals surface area contributed by atoms with Gasteiger partial charge in [-0.1, -0.05) is 23.8 Å². The lowest BCUT2D eigenvalue weighted by Crippen LogP contribution is -2.46. The van der Waals surface area contributed by atoms with E-state index in [1.807, 2.05) is 6.07 Å². The molecule has 1 fully saturated rings. The smallest absolute Gasteiger partial charge is 0.266 e. The maximum absolute atomic E-state index is 9.61. The minimum atomic E-state index is 0.257. The maximum atomic E-state index is 9.61. The Bertz CT molecular complexity index is 1210. The number of rotatable bonds is 6. The van der Waals surface area contributed by atoms with Crippen molar-refractivity contribution in [3.05, 3.63) is 76.8 Å². The van der Waals surface area contributed by atoms with E-state index in [1.54, 1.807) is 30.3 Å². The van der Waals surface area contributed by atoms with Gasteiger partial charge in [0.25, 0.3) is 5.89 Å². The van der Waals surface area contributed by atoms with Gasteiger partial charge >= 0.3 is 0 Å². The summed E-state index contributed by atoms with van der Waals surface area (Å²) in [6.45, 7) is 3.56. The number of piperazine rings is 1. The monoisotopic (exact) mass is 462 g/mol. The van der Waals surface area contributed by atoms with Crippen LogP contribution < -0.4 is 9.64 Å². The van der Waals surface area contributed by atoms with Crippen LogP contribution in [0.25, 0.3) is 11.7 Å². The van der Waals surface area contributed by atoms with Crippen molar-refractivity contribution in [2.45, 2.75) is 19.4 Å². The van der Waals surface area contributed by atoms with E-state index in [0.29, 0.717) is 34.1 Å². The first-order valence-corrected chi connectivity index (χ1v) is 11.3. The van der Waals surface area contributed by atoms with E-state index in [9.17, 15) is 5.26 Å². The SMILES string of the molecule is N#Cc1nc(-c2ccc(COc3ccc(Cl)cc3)o2)oc1N1CCN(C2=CC=CCC2)CC1. The molecule has 33 heavy (non-hydrogen) atoms. The molecule has 0 atom stereocenters. The van der Waals surface area contributed by atoms with Gasteiger partial charge in [-0.25, -0.2) is 0 Å². The zero-order valence-electron chi connectivity index (χ0n) is 18.0. The zero-order chi connectivity index (χ0) is 22.6. The van der Waals surface area contributed by atoms with Gasteiger partial charge in [0.1, 0.15) is 24.2 Å². The summed E-state index contributed by atoms with van der Waals surface area (Å²) in [5.41, 5.74) is 1.65. The number of nitrogens with zero attached hydrogens (tertiary/aromatic N) is 4. The van der Waals surface area contributed by atoms with Crippen molar-refractivity contribution >= 4 is 17.5 Å².